The SMILES string of the molecule is Cc1cnc(C(=O)Cl)c(Cl)c1C(F)F. The number of alkyl halides is 2. The summed E-state index contributed by atoms with van der Waals surface area (Å²) in [5.41, 5.74) is -0.508. The van der Waals surface area contributed by atoms with Crippen molar-refractivity contribution in [2.45, 2.75) is 13.3 Å². The van der Waals surface area contributed by atoms with E-state index in [1.54, 1.807) is 0 Å². The molecule has 14 heavy (non-hydrogen) atoms. The lowest BCUT2D eigenvalue weighted by Gasteiger charge is -2.08. The standard InChI is InChI=1S/C8H5Cl2F2NO/c1-3-2-13-6(7(10)14)5(9)4(3)8(11)12/h2,8H,1H3. The van der Waals surface area contributed by atoms with Gasteiger partial charge in [0.1, 0.15) is 5.69 Å². The van der Waals surface area contributed by atoms with Crippen LogP contribution in [0, 0.1) is 6.92 Å². The molecule has 6 heteroatoms. The molecule has 2 nitrogen and oxygen atoms in total. The van der Waals surface area contributed by atoms with Crippen LogP contribution in [0.1, 0.15) is 28.0 Å². The molecule has 1 aromatic rings. The molecule has 0 aliphatic rings. The normalized spacial score (nSPS) is 10.7. The zero-order chi connectivity index (χ0) is 10.9. The number of pyridine rings is 1. The highest BCUT2D eigenvalue weighted by Crippen LogP contribution is 2.31. The van der Waals surface area contributed by atoms with E-state index >= 15 is 0 Å². The van der Waals surface area contributed by atoms with Crippen molar-refractivity contribution in [2.75, 3.05) is 0 Å². The number of rotatable bonds is 2. The Morgan fingerprint density at radius 3 is 2.57 bits per heavy atom. The van der Waals surface area contributed by atoms with Crippen molar-refractivity contribution in [2.24, 2.45) is 0 Å². The van der Waals surface area contributed by atoms with Crippen molar-refractivity contribution in [3.8, 4) is 0 Å². The Bertz CT molecular complexity index is 382. The van der Waals surface area contributed by atoms with Gasteiger partial charge in [0, 0.05) is 11.8 Å². The molecule has 0 saturated carbocycles. The first-order valence-corrected chi connectivity index (χ1v) is 4.33. The molecule has 0 spiro atoms. The molecule has 76 valence electrons. The molecule has 0 amide bonds. The average Bonchev–Trinajstić information content (AvgIpc) is 2.02. The fourth-order valence-electron chi connectivity index (χ4n) is 0.993. The minimum Gasteiger partial charge on any atom is -0.274 e. The molecule has 0 N–H and O–H groups in total. The highest BCUT2D eigenvalue weighted by Gasteiger charge is 2.21. The van der Waals surface area contributed by atoms with Crippen LogP contribution in [-0.2, 0) is 0 Å². The Balaban J connectivity index is 3.41. The van der Waals surface area contributed by atoms with Crippen LogP contribution in [-0.4, -0.2) is 10.2 Å². The molecular formula is C8H5Cl2F2NO. The van der Waals surface area contributed by atoms with E-state index in [0.717, 1.165) is 6.20 Å². The number of aryl methyl sites for hydroxylation is 1. The Morgan fingerprint density at radius 1 is 1.57 bits per heavy atom. The molecular weight excluding hydrogens is 235 g/mol. The number of carbonyl (C=O) groups excluding carboxylic acids is 1. The van der Waals surface area contributed by atoms with E-state index in [1.165, 1.54) is 6.92 Å². The summed E-state index contributed by atoms with van der Waals surface area (Å²) in [5.74, 6) is 0. The first-order valence-electron chi connectivity index (χ1n) is 3.58. The zero-order valence-electron chi connectivity index (χ0n) is 7.02. The number of carbonyl (C=O) groups is 1. The maximum atomic E-state index is 12.5. The van der Waals surface area contributed by atoms with Gasteiger partial charge in [0.05, 0.1) is 5.02 Å². The molecule has 1 aromatic heterocycles. The van der Waals surface area contributed by atoms with Crippen LogP contribution in [0.15, 0.2) is 6.20 Å². The van der Waals surface area contributed by atoms with E-state index in [0.29, 0.717) is 0 Å². The molecule has 0 radical (unpaired) electrons. The van der Waals surface area contributed by atoms with Crippen LogP contribution < -0.4 is 0 Å². The zero-order valence-corrected chi connectivity index (χ0v) is 8.53. The molecule has 0 atom stereocenters. The van der Waals surface area contributed by atoms with Crippen LogP contribution in [0.4, 0.5) is 8.78 Å². The van der Waals surface area contributed by atoms with Gasteiger partial charge in [-0.15, -0.1) is 0 Å². The first kappa shape index (κ1) is 11.3. The second kappa shape index (κ2) is 4.19. The summed E-state index contributed by atoms with van der Waals surface area (Å²) >= 11 is 10.7. The summed E-state index contributed by atoms with van der Waals surface area (Å²) in [6.07, 6.45) is -1.61. The second-order valence-corrected chi connectivity index (χ2v) is 3.31. The molecule has 0 aliphatic carbocycles. The minimum absolute atomic E-state index is 0.228. The van der Waals surface area contributed by atoms with Gasteiger partial charge in [-0.2, -0.15) is 0 Å². The van der Waals surface area contributed by atoms with Gasteiger partial charge in [0.25, 0.3) is 11.7 Å². The maximum Gasteiger partial charge on any atom is 0.272 e. The summed E-state index contributed by atoms with van der Waals surface area (Å²) in [6, 6.07) is 0. The number of aromatic nitrogens is 1. The summed E-state index contributed by atoms with van der Waals surface area (Å²) in [4.78, 5) is 14.3. The molecule has 0 aliphatic heterocycles. The minimum atomic E-state index is -2.75. The van der Waals surface area contributed by atoms with Crippen molar-refractivity contribution in [1.82, 2.24) is 4.98 Å². The van der Waals surface area contributed by atoms with Crippen molar-refractivity contribution < 1.29 is 13.6 Å². The van der Waals surface area contributed by atoms with E-state index in [2.05, 4.69) is 4.98 Å². The van der Waals surface area contributed by atoms with Crippen LogP contribution in [0.5, 0.6) is 0 Å². The topological polar surface area (TPSA) is 30.0 Å². The summed E-state index contributed by atoms with van der Waals surface area (Å²) < 4.78 is 24.9. The fourth-order valence-corrected chi connectivity index (χ4v) is 1.55. The summed E-state index contributed by atoms with van der Waals surface area (Å²) in [7, 11) is 0. The lowest BCUT2D eigenvalue weighted by Crippen LogP contribution is -2.01. The van der Waals surface area contributed by atoms with Crippen LogP contribution in [0.3, 0.4) is 0 Å². The van der Waals surface area contributed by atoms with Crippen LogP contribution in [0.25, 0.3) is 0 Å². The maximum absolute atomic E-state index is 12.5. The molecule has 0 unspecified atom stereocenters. The highest BCUT2D eigenvalue weighted by molar-refractivity contribution is 6.68. The lowest BCUT2D eigenvalue weighted by atomic mass is 10.1. The number of nitrogens with zero attached hydrogens (tertiary/aromatic N) is 1. The largest absolute Gasteiger partial charge is 0.274 e. The van der Waals surface area contributed by atoms with Crippen LogP contribution in [0.2, 0.25) is 5.02 Å². The first-order chi connectivity index (χ1) is 6.45. The Kier molecular flexibility index (Phi) is 3.39. The predicted octanol–water partition coefficient (Wildman–Crippen LogP) is 3.36. The van der Waals surface area contributed by atoms with Gasteiger partial charge in [-0.1, -0.05) is 11.6 Å². The van der Waals surface area contributed by atoms with Gasteiger partial charge < -0.3 is 0 Å². The van der Waals surface area contributed by atoms with Gasteiger partial charge >= 0.3 is 0 Å². The monoisotopic (exact) mass is 239 g/mol. The molecule has 1 rings (SSSR count). The molecule has 0 aromatic carbocycles. The van der Waals surface area contributed by atoms with Gasteiger partial charge in [-0.05, 0) is 24.1 Å². The van der Waals surface area contributed by atoms with E-state index in [4.69, 9.17) is 23.2 Å². The van der Waals surface area contributed by atoms with Gasteiger partial charge in [-0.25, -0.2) is 13.8 Å². The van der Waals surface area contributed by atoms with Crippen molar-refractivity contribution in [1.29, 1.82) is 0 Å². The fraction of sp³-hybridized carbons (Fsp3) is 0.250. The Hall–Kier alpha value is -0.740. The van der Waals surface area contributed by atoms with Crippen LogP contribution >= 0.6 is 23.2 Å². The molecule has 0 fully saturated rings. The van der Waals surface area contributed by atoms with Gasteiger partial charge in [0.15, 0.2) is 0 Å². The quantitative estimate of drug-likeness (QED) is 0.742. The number of hydrogen-bond acceptors (Lipinski definition) is 2. The second-order valence-electron chi connectivity index (χ2n) is 2.59. The van der Waals surface area contributed by atoms with Crippen molar-refractivity contribution in [3.63, 3.8) is 0 Å². The third-order valence-corrected chi connectivity index (χ3v) is 2.22. The summed E-state index contributed by atoms with van der Waals surface area (Å²) in [6.45, 7) is 1.43. The average molecular weight is 240 g/mol. The summed E-state index contributed by atoms with van der Waals surface area (Å²) in [5, 5.41) is -1.32. The number of halogens is 4. The van der Waals surface area contributed by atoms with E-state index in [-0.39, 0.29) is 16.3 Å². The smallest absolute Gasteiger partial charge is 0.272 e. The Labute approximate surface area is 88.8 Å². The Morgan fingerprint density at radius 2 is 2.14 bits per heavy atom. The highest BCUT2D eigenvalue weighted by atomic mass is 35.5. The predicted molar refractivity (Wildman–Crippen MR) is 49.1 cm³/mol. The molecule has 0 bridgehead atoms. The molecule has 0 saturated heterocycles. The lowest BCUT2D eigenvalue weighted by molar-refractivity contribution is 0.107. The van der Waals surface area contributed by atoms with E-state index in [1.807, 2.05) is 0 Å². The van der Waals surface area contributed by atoms with Gasteiger partial charge in [-0.3, -0.25) is 4.79 Å². The van der Waals surface area contributed by atoms with Gasteiger partial charge in [0.2, 0.25) is 0 Å². The third-order valence-electron chi connectivity index (χ3n) is 1.66. The molecule has 1 heterocycles. The van der Waals surface area contributed by atoms with E-state index in [9.17, 15) is 13.6 Å². The van der Waals surface area contributed by atoms with Crippen molar-refractivity contribution >= 4 is 28.4 Å². The number of hydrogen-bond donors (Lipinski definition) is 0. The van der Waals surface area contributed by atoms with Crippen molar-refractivity contribution in [3.05, 3.63) is 28.0 Å². The third kappa shape index (κ3) is 2.01. The van der Waals surface area contributed by atoms with E-state index < -0.39 is 17.2 Å².